The number of anilines is 2. The molecule has 5 nitrogen and oxygen atoms in total. The Labute approximate surface area is 127 Å². The zero-order valence-corrected chi connectivity index (χ0v) is 11.5. The molecule has 0 fully saturated rings. The average molecular weight is 318 g/mol. The van der Waals surface area contributed by atoms with Gasteiger partial charge in [-0.1, -0.05) is 12.1 Å². The van der Waals surface area contributed by atoms with Gasteiger partial charge in [0.2, 0.25) is 5.95 Å². The standard InChI is InChI=1S/C15H9F3N4O/c16-15(17,18)8-5-6-12-11(7-8)21-14(23-12)22-13-19-9-3-1-2-4-10(9)20-13/h1-7H,(H2,19,20,21,22). The van der Waals surface area contributed by atoms with Crippen LogP contribution in [0.4, 0.5) is 25.1 Å². The number of nitrogens with zero attached hydrogens (tertiary/aromatic N) is 2. The van der Waals surface area contributed by atoms with Crippen LogP contribution in [-0.4, -0.2) is 15.0 Å². The summed E-state index contributed by atoms with van der Waals surface area (Å²) in [5.74, 6) is 0.397. The van der Waals surface area contributed by atoms with Gasteiger partial charge < -0.3 is 9.40 Å². The topological polar surface area (TPSA) is 66.7 Å². The van der Waals surface area contributed by atoms with Crippen molar-refractivity contribution < 1.29 is 17.6 Å². The van der Waals surface area contributed by atoms with Crippen LogP contribution in [0.5, 0.6) is 0 Å². The highest BCUT2D eigenvalue weighted by Gasteiger charge is 2.31. The van der Waals surface area contributed by atoms with E-state index in [0.717, 1.165) is 23.2 Å². The van der Waals surface area contributed by atoms with Crippen LogP contribution in [0.15, 0.2) is 46.9 Å². The number of aromatic amines is 1. The number of fused-ring (bicyclic) bond motifs is 2. The highest BCUT2D eigenvalue weighted by atomic mass is 19.4. The maximum absolute atomic E-state index is 12.7. The molecule has 23 heavy (non-hydrogen) atoms. The van der Waals surface area contributed by atoms with Gasteiger partial charge >= 0.3 is 12.2 Å². The van der Waals surface area contributed by atoms with Crippen LogP contribution in [0.1, 0.15) is 5.56 Å². The molecule has 116 valence electrons. The van der Waals surface area contributed by atoms with Crippen LogP contribution < -0.4 is 5.32 Å². The van der Waals surface area contributed by atoms with Gasteiger partial charge in [0.15, 0.2) is 5.58 Å². The van der Waals surface area contributed by atoms with E-state index in [0.29, 0.717) is 5.95 Å². The summed E-state index contributed by atoms with van der Waals surface area (Å²) in [7, 11) is 0. The van der Waals surface area contributed by atoms with Gasteiger partial charge in [-0.05, 0) is 30.3 Å². The van der Waals surface area contributed by atoms with E-state index in [2.05, 4.69) is 20.3 Å². The molecule has 2 aromatic carbocycles. The number of imidazole rings is 1. The van der Waals surface area contributed by atoms with Crippen molar-refractivity contribution in [3.63, 3.8) is 0 Å². The van der Waals surface area contributed by atoms with E-state index in [1.165, 1.54) is 6.07 Å². The monoisotopic (exact) mass is 318 g/mol. The number of para-hydroxylation sites is 2. The molecule has 0 aliphatic heterocycles. The van der Waals surface area contributed by atoms with E-state index in [1.54, 1.807) is 0 Å². The lowest BCUT2D eigenvalue weighted by Gasteiger charge is -2.04. The van der Waals surface area contributed by atoms with Gasteiger partial charge in [0.25, 0.3) is 0 Å². The third kappa shape index (κ3) is 2.48. The van der Waals surface area contributed by atoms with Gasteiger partial charge in [0.1, 0.15) is 5.52 Å². The number of benzene rings is 2. The fourth-order valence-corrected chi connectivity index (χ4v) is 2.27. The van der Waals surface area contributed by atoms with Gasteiger partial charge in [-0.3, -0.25) is 5.32 Å². The highest BCUT2D eigenvalue weighted by Crippen LogP contribution is 2.32. The first-order chi connectivity index (χ1) is 11.0. The SMILES string of the molecule is FC(F)(F)c1ccc2oc(Nc3nc4ccccc4[nH]3)nc2c1. The molecule has 0 saturated carbocycles. The second-order valence-electron chi connectivity index (χ2n) is 4.93. The lowest BCUT2D eigenvalue weighted by molar-refractivity contribution is -0.137. The van der Waals surface area contributed by atoms with Crippen LogP contribution >= 0.6 is 0 Å². The Morgan fingerprint density at radius 3 is 2.61 bits per heavy atom. The fraction of sp³-hybridized carbons (Fsp3) is 0.0667. The molecule has 0 bridgehead atoms. The minimum atomic E-state index is -4.42. The molecule has 8 heteroatoms. The number of nitrogens with one attached hydrogen (secondary N) is 2. The minimum absolute atomic E-state index is 0.0679. The first-order valence-corrected chi connectivity index (χ1v) is 6.69. The third-order valence-corrected chi connectivity index (χ3v) is 3.33. The van der Waals surface area contributed by atoms with Crippen LogP contribution in [0, 0.1) is 0 Å². The number of H-pyrrole nitrogens is 1. The van der Waals surface area contributed by atoms with Crippen LogP contribution in [0.2, 0.25) is 0 Å². The van der Waals surface area contributed by atoms with Crippen molar-refractivity contribution in [1.29, 1.82) is 0 Å². The minimum Gasteiger partial charge on any atom is -0.423 e. The van der Waals surface area contributed by atoms with Crippen molar-refractivity contribution in [1.82, 2.24) is 15.0 Å². The maximum Gasteiger partial charge on any atom is 0.416 e. The molecule has 0 unspecified atom stereocenters. The summed E-state index contributed by atoms with van der Waals surface area (Å²) in [5, 5.41) is 2.82. The molecule has 0 atom stereocenters. The second kappa shape index (κ2) is 4.73. The number of aromatic nitrogens is 3. The Bertz CT molecular complexity index is 970. The Kier molecular flexibility index (Phi) is 2.80. The van der Waals surface area contributed by atoms with E-state index >= 15 is 0 Å². The summed E-state index contributed by atoms with van der Waals surface area (Å²) < 4.78 is 43.5. The van der Waals surface area contributed by atoms with Crippen LogP contribution in [0.3, 0.4) is 0 Å². The van der Waals surface area contributed by atoms with Crippen LogP contribution in [-0.2, 0) is 6.18 Å². The average Bonchev–Trinajstić information content (AvgIpc) is 3.07. The summed E-state index contributed by atoms with van der Waals surface area (Å²) in [6.45, 7) is 0. The van der Waals surface area contributed by atoms with Gasteiger partial charge in [0, 0.05) is 0 Å². The number of oxazole rings is 1. The highest BCUT2D eigenvalue weighted by molar-refractivity contribution is 5.79. The molecule has 0 spiro atoms. The molecule has 0 saturated heterocycles. The Morgan fingerprint density at radius 2 is 1.83 bits per heavy atom. The van der Waals surface area contributed by atoms with Crippen molar-refractivity contribution >= 4 is 34.1 Å². The van der Waals surface area contributed by atoms with Gasteiger partial charge in [-0.25, -0.2) is 4.98 Å². The summed E-state index contributed by atoms with van der Waals surface area (Å²) >= 11 is 0. The first kappa shape index (κ1) is 13.6. The predicted octanol–water partition coefficient (Wildman–Crippen LogP) is 4.47. The number of rotatable bonds is 2. The normalized spacial score (nSPS) is 12.1. The lowest BCUT2D eigenvalue weighted by atomic mass is 10.2. The van der Waals surface area contributed by atoms with Gasteiger partial charge in [-0.15, -0.1) is 0 Å². The molecule has 0 amide bonds. The molecule has 2 N–H and O–H groups in total. The van der Waals surface area contributed by atoms with Crippen molar-refractivity contribution in [3.05, 3.63) is 48.0 Å². The van der Waals surface area contributed by atoms with E-state index in [4.69, 9.17) is 4.42 Å². The molecule has 2 heterocycles. The van der Waals surface area contributed by atoms with Crippen molar-refractivity contribution in [2.24, 2.45) is 0 Å². The first-order valence-electron chi connectivity index (χ1n) is 6.69. The fourth-order valence-electron chi connectivity index (χ4n) is 2.27. The van der Waals surface area contributed by atoms with Crippen LogP contribution in [0.25, 0.3) is 22.1 Å². The molecular weight excluding hydrogens is 309 g/mol. The molecule has 4 rings (SSSR count). The molecule has 0 aliphatic carbocycles. The van der Waals surface area contributed by atoms with Gasteiger partial charge in [-0.2, -0.15) is 18.2 Å². The Hall–Kier alpha value is -3.03. The van der Waals surface area contributed by atoms with E-state index < -0.39 is 11.7 Å². The summed E-state index contributed by atoms with van der Waals surface area (Å²) in [6, 6.07) is 10.6. The van der Waals surface area contributed by atoms with E-state index in [-0.39, 0.29) is 17.1 Å². The predicted molar refractivity (Wildman–Crippen MR) is 78.4 cm³/mol. The van der Waals surface area contributed by atoms with Crippen molar-refractivity contribution in [3.8, 4) is 0 Å². The summed E-state index contributed by atoms with van der Waals surface area (Å²) in [5.41, 5.74) is 1.19. The zero-order valence-electron chi connectivity index (χ0n) is 11.5. The molecule has 4 aromatic rings. The van der Waals surface area contributed by atoms with Crippen molar-refractivity contribution in [2.45, 2.75) is 6.18 Å². The molecule has 0 aliphatic rings. The Balaban J connectivity index is 1.68. The summed E-state index contributed by atoms with van der Waals surface area (Å²) in [4.78, 5) is 11.3. The largest absolute Gasteiger partial charge is 0.423 e. The van der Waals surface area contributed by atoms with E-state index in [1.807, 2.05) is 24.3 Å². The number of alkyl halides is 3. The zero-order chi connectivity index (χ0) is 16.0. The smallest absolute Gasteiger partial charge is 0.416 e. The van der Waals surface area contributed by atoms with Crippen molar-refractivity contribution in [2.75, 3.05) is 5.32 Å². The number of halogens is 3. The third-order valence-electron chi connectivity index (χ3n) is 3.33. The van der Waals surface area contributed by atoms with Gasteiger partial charge in [0.05, 0.1) is 16.6 Å². The number of hydrogen-bond donors (Lipinski definition) is 2. The number of hydrogen-bond acceptors (Lipinski definition) is 4. The maximum atomic E-state index is 12.7. The second-order valence-corrected chi connectivity index (χ2v) is 4.93. The van der Waals surface area contributed by atoms with E-state index in [9.17, 15) is 13.2 Å². The molecular formula is C15H9F3N4O. The Morgan fingerprint density at radius 1 is 1.00 bits per heavy atom. The summed E-state index contributed by atoms with van der Waals surface area (Å²) in [6.07, 6.45) is -4.42. The molecule has 2 aromatic heterocycles. The molecule has 0 radical (unpaired) electrons. The quantitative estimate of drug-likeness (QED) is 0.572. The lowest BCUT2D eigenvalue weighted by Crippen LogP contribution is -2.03.